The Morgan fingerprint density at radius 1 is 1.58 bits per heavy atom. The van der Waals surface area contributed by atoms with Gasteiger partial charge in [0, 0.05) is 6.42 Å². The molecule has 0 aromatic heterocycles. The van der Waals surface area contributed by atoms with Gasteiger partial charge in [0.2, 0.25) is 0 Å². The second-order valence-corrected chi connectivity index (χ2v) is 3.57. The van der Waals surface area contributed by atoms with Crippen molar-refractivity contribution >= 4 is 17.4 Å². The average molecular weight is 188 g/mol. The van der Waals surface area contributed by atoms with E-state index in [1.165, 1.54) is 0 Å². The van der Waals surface area contributed by atoms with Gasteiger partial charge in [-0.1, -0.05) is 0 Å². The Labute approximate surface area is 76.4 Å². The molecule has 4 nitrogen and oxygen atoms in total. The first-order chi connectivity index (χ1) is 5.79. The van der Waals surface area contributed by atoms with Gasteiger partial charge in [0.25, 0.3) is 5.17 Å². The molecule has 0 aromatic rings. The molecule has 0 unspecified atom stereocenters. The van der Waals surface area contributed by atoms with Gasteiger partial charge in [-0.05, 0) is 25.1 Å². The lowest BCUT2D eigenvalue weighted by molar-refractivity contribution is 0.0588. The van der Waals surface area contributed by atoms with Crippen LogP contribution >= 0.6 is 12.2 Å². The van der Waals surface area contributed by atoms with Gasteiger partial charge in [0.15, 0.2) is 0 Å². The number of ether oxygens (including phenoxy) is 2. The molecule has 0 aromatic carbocycles. The van der Waals surface area contributed by atoms with Gasteiger partial charge in [-0.25, -0.2) is 5.84 Å². The SMILES string of the molecule is NNC(=S)O[C@H]1C[C@@H]2CC[C@H]1O2. The van der Waals surface area contributed by atoms with E-state index in [0.29, 0.717) is 6.10 Å². The van der Waals surface area contributed by atoms with Gasteiger partial charge in [-0.2, -0.15) is 0 Å². The summed E-state index contributed by atoms with van der Waals surface area (Å²) in [5.74, 6) is 5.09. The zero-order valence-electron chi connectivity index (χ0n) is 6.66. The minimum Gasteiger partial charge on any atom is -0.464 e. The second-order valence-electron chi connectivity index (χ2n) is 3.20. The lowest BCUT2D eigenvalue weighted by atomic mass is 9.98. The molecule has 12 heavy (non-hydrogen) atoms. The molecule has 0 spiro atoms. The standard InChI is InChI=1S/C7H12N2O2S/c8-9-7(12)11-6-3-4-1-2-5(6)10-4/h4-6H,1-3,8H2,(H,9,12)/t4-,5+,6-/m0/s1. The molecule has 5 heteroatoms. The van der Waals surface area contributed by atoms with Crippen LogP contribution in [-0.2, 0) is 9.47 Å². The molecule has 3 atom stereocenters. The van der Waals surface area contributed by atoms with Crippen LogP contribution in [0.15, 0.2) is 0 Å². The number of hydrogen-bond donors (Lipinski definition) is 2. The van der Waals surface area contributed by atoms with Crippen LogP contribution in [0.2, 0.25) is 0 Å². The minimum atomic E-state index is 0.118. The van der Waals surface area contributed by atoms with Crippen LogP contribution in [-0.4, -0.2) is 23.5 Å². The zero-order chi connectivity index (χ0) is 8.55. The summed E-state index contributed by atoms with van der Waals surface area (Å²) in [5.41, 5.74) is 2.30. The number of nitrogens with one attached hydrogen (secondary N) is 1. The van der Waals surface area contributed by atoms with Crippen LogP contribution in [0.4, 0.5) is 0 Å². The molecule has 3 N–H and O–H groups in total. The maximum Gasteiger partial charge on any atom is 0.271 e. The fourth-order valence-corrected chi connectivity index (χ4v) is 2.01. The molecule has 2 fully saturated rings. The Morgan fingerprint density at radius 2 is 2.42 bits per heavy atom. The Balaban J connectivity index is 1.86. The second kappa shape index (κ2) is 3.16. The van der Waals surface area contributed by atoms with Crippen LogP contribution in [0.5, 0.6) is 0 Å². The van der Waals surface area contributed by atoms with Gasteiger partial charge in [0.1, 0.15) is 6.10 Å². The monoisotopic (exact) mass is 188 g/mol. The van der Waals surface area contributed by atoms with Crippen LogP contribution in [0, 0.1) is 0 Å². The highest BCUT2D eigenvalue weighted by atomic mass is 32.1. The maximum absolute atomic E-state index is 5.58. The fourth-order valence-electron chi connectivity index (χ4n) is 1.89. The molecule has 68 valence electrons. The largest absolute Gasteiger partial charge is 0.464 e. The van der Waals surface area contributed by atoms with Gasteiger partial charge in [-0.3, -0.25) is 5.43 Å². The highest BCUT2D eigenvalue weighted by Gasteiger charge is 2.42. The summed E-state index contributed by atoms with van der Waals surface area (Å²) < 4.78 is 10.9. The number of hydrogen-bond acceptors (Lipinski definition) is 4. The maximum atomic E-state index is 5.58. The van der Waals surface area contributed by atoms with E-state index < -0.39 is 0 Å². The van der Waals surface area contributed by atoms with Crippen LogP contribution in [0.1, 0.15) is 19.3 Å². The first kappa shape index (κ1) is 8.22. The average Bonchev–Trinajstić information content (AvgIpc) is 2.64. The van der Waals surface area contributed by atoms with Crippen molar-refractivity contribution < 1.29 is 9.47 Å². The molecule has 2 bridgehead atoms. The highest BCUT2D eigenvalue weighted by molar-refractivity contribution is 7.80. The van der Waals surface area contributed by atoms with Gasteiger partial charge in [-0.15, -0.1) is 0 Å². The summed E-state index contributed by atoms with van der Waals surface area (Å²) in [7, 11) is 0. The van der Waals surface area contributed by atoms with Crippen LogP contribution in [0.3, 0.4) is 0 Å². The smallest absolute Gasteiger partial charge is 0.271 e. The summed E-state index contributed by atoms with van der Waals surface area (Å²) in [6.45, 7) is 0. The Bertz CT molecular complexity index is 200. The van der Waals surface area contributed by atoms with Crippen molar-refractivity contribution in [3.05, 3.63) is 0 Å². The van der Waals surface area contributed by atoms with E-state index in [4.69, 9.17) is 27.5 Å². The third kappa shape index (κ3) is 1.39. The van der Waals surface area contributed by atoms with Gasteiger partial charge >= 0.3 is 0 Å². The van der Waals surface area contributed by atoms with Crippen molar-refractivity contribution in [2.75, 3.05) is 0 Å². The summed E-state index contributed by atoms with van der Waals surface area (Å²) in [6.07, 6.45) is 3.94. The fraction of sp³-hybridized carbons (Fsp3) is 0.857. The first-order valence-electron chi connectivity index (χ1n) is 4.12. The molecule has 2 rings (SSSR count). The lowest BCUT2D eigenvalue weighted by Gasteiger charge is -2.19. The molecular weight excluding hydrogens is 176 g/mol. The van der Waals surface area contributed by atoms with E-state index in [1.54, 1.807) is 0 Å². The van der Waals surface area contributed by atoms with E-state index >= 15 is 0 Å². The predicted molar refractivity (Wildman–Crippen MR) is 47.3 cm³/mol. The van der Waals surface area contributed by atoms with Crippen molar-refractivity contribution in [1.29, 1.82) is 0 Å². The van der Waals surface area contributed by atoms with Gasteiger partial charge < -0.3 is 9.47 Å². The van der Waals surface area contributed by atoms with E-state index in [9.17, 15) is 0 Å². The first-order valence-corrected chi connectivity index (χ1v) is 4.53. The summed E-state index contributed by atoms with van der Waals surface area (Å²) in [4.78, 5) is 0. The van der Waals surface area contributed by atoms with E-state index in [0.717, 1.165) is 19.3 Å². The van der Waals surface area contributed by atoms with Gasteiger partial charge in [0.05, 0.1) is 12.2 Å². The number of fused-ring (bicyclic) bond motifs is 2. The Hall–Kier alpha value is -0.390. The third-order valence-electron chi connectivity index (χ3n) is 2.43. The van der Waals surface area contributed by atoms with Crippen molar-refractivity contribution in [3.63, 3.8) is 0 Å². The van der Waals surface area contributed by atoms with Crippen molar-refractivity contribution in [1.82, 2.24) is 5.43 Å². The predicted octanol–water partition coefficient (Wildman–Crippen LogP) is 0.0711. The zero-order valence-corrected chi connectivity index (χ0v) is 7.47. The molecule has 0 saturated carbocycles. The topological polar surface area (TPSA) is 56.5 Å². The van der Waals surface area contributed by atoms with E-state index in [-0.39, 0.29) is 17.4 Å². The summed E-state index contributed by atoms with van der Waals surface area (Å²) in [5, 5.41) is 0.260. The van der Waals surface area contributed by atoms with Crippen LogP contribution in [0.25, 0.3) is 0 Å². The molecule has 0 radical (unpaired) electrons. The normalized spacial score (nSPS) is 38.2. The van der Waals surface area contributed by atoms with Crippen LogP contribution < -0.4 is 11.3 Å². The molecule has 2 aliphatic heterocycles. The van der Waals surface area contributed by atoms with Crippen molar-refractivity contribution in [2.45, 2.75) is 37.6 Å². The molecule has 0 aliphatic carbocycles. The highest BCUT2D eigenvalue weighted by Crippen LogP contribution is 2.35. The number of rotatable bonds is 1. The number of thiocarbonyl (C=S) groups is 1. The summed E-state index contributed by atoms with van der Waals surface area (Å²) >= 11 is 4.79. The third-order valence-corrected chi connectivity index (χ3v) is 2.64. The Kier molecular flexibility index (Phi) is 2.16. The van der Waals surface area contributed by atoms with E-state index in [1.807, 2.05) is 0 Å². The quantitative estimate of drug-likeness (QED) is 0.346. The summed E-state index contributed by atoms with van der Waals surface area (Å²) in [6, 6.07) is 0. The Morgan fingerprint density at radius 3 is 2.92 bits per heavy atom. The molecule has 2 aliphatic rings. The molecular formula is C7H12N2O2S. The number of hydrazine groups is 1. The molecule has 2 saturated heterocycles. The van der Waals surface area contributed by atoms with Crippen molar-refractivity contribution in [3.8, 4) is 0 Å². The van der Waals surface area contributed by atoms with Crippen molar-refractivity contribution in [2.24, 2.45) is 5.84 Å². The minimum absolute atomic E-state index is 0.118. The molecule has 2 heterocycles. The molecule has 0 amide bonds. The van der Waals surface area contributed by atoms with E-state index in [2.05, 4.69) is 5.43 Å². The number of nitrogens with two attached hydrogens (primary N) is 1. The lowest BCUT2D eigenvalue weighted by Crippen LogP contribution is -2.37.